The summed E-state index contributed by atoms with van der Waals surface area (Å²) in [4.78, 5) is 4.46. The molecule has 0 bridgehead atoms. The molecule has 3 rings (SSSR count). The highest BCUT2D eigenvalue weighted by atomic mass is 35.5. The number of halogens is 2. The Morgan fingerprint density at radius 2 is 1.74 bits per heavy atom. The van der Waals surface area contributed by atoms with Gasteiger partial charge in [0.2, 0.25) is 0 Å². The quantitative estimate of drug-likeness (QED) is 0.574. The Bertz CT molecular complexity index is 746. The topological polar surface area (TPSA) is 12.9 Å². The highest BCUT2D eigenvalue weighted by Crippen LogP contribution is 2.37. The third kappa shape index (κ3) is 2.09. The van der Waals surface area contributed by atoms with Crippen LogP contribution in [0.15, 0.2) is 48.7 Å². The SMILES string of the molecule is Cc1cccc(Cl)c1-c1ccc(Cl)c2cccnc12. The second-order valence-corrected chi connectivity index (χ2v) is 5.24. The van der Waals surface area contributed by atoms with E-state index in [1.807, 2.05) is 49.4 Å². The maximum absolute atomic E-state index is 6.34. The molecule has 0 saturated heterocycles. The molecule has 1 nitrogen and oxygen atoms in total. The zero-order chi connectivity index (χ0) is 13.4. The van der Waals surface area contributed by atoms with Gasteiger partial charge in [0.25, 0.3) is 0 Å². The predicted octanol–water partition coefficient (Wildman–Crippen LogP) is 5.52. The van der Waals surface area contributed by atoms with Gasteiger partial charge >= 0.3 is 0 Å². The van der Waals surface area contributed by atoms with Crippen LogP contribution >= 0.6 is 23.2 Å². The second kappa shape index (κ2) is 4.84. The van der Waals surface area contributed by atoms with Gasteiger partial charge in [0.05, 0.1) is 10.5 Å². The molecule has 2 aromatic carbocycles. The van der Waals surface area contributed by atoms with Gasteiger partial charge in [-0.1, -0.05) is 41.4 Å². The van der Waals surface area contributed by atoms with Crippen molar-refractivity contribution in [2.24, 2.45) is 0 Å². The highest BCUT2D eigenvalue weighted by molar-refractivity contribution is 6.36. The molecule has 0 spiro atoms. The van der Waals surface area contributed by atoms with Gasteiger partial charge in [-0.15, -0.1) is 0 Å². The van der Waals surface area contributed by atoms with Crippen molar-refractivity contribution in [3.8, 4) is 11.1 Å². The fourth-order valence-corrected chi connectivity index (χ4v) is 2.85. The summed E-state index contributed by atoms with van der Waals surface area (Å²) in [6, 6.07) is 13.6. The van der Waals surface area contributed by atoms with Crippen LogP contribution in [-0.4, -0.2) is 4.98 Å². The van der Waals surface area contributed by atoms with Crippen molar-refractivity contribution in [1.29, 1.82) is 0 Å². The van der Waals surface area contributed by atoms with Gasteiger partial charge in [-0.3, -0.25) is 4.98 Å². The van der Waals surface area contributed by atoms with Crippen LogP contribution in [0.1, 0.15) is 5.56 Å². The lowest BCUT2D eigenvalue weighted by molar-refractivity contribution is 1.40. The maximum Gasteiger partial charge on any atom is 0.0795 e. The summed E-state index contributed by atoms with van der Waals surface area (Å²) in [7, 11) is 0. The standard InChI is InChI=1S/C16H11Cl2N/c1-10-4-2-6-14(18)15(10)12-7-8-13(17)11-5-3-9-19-16(11)12/h2-9H,1H3. The first-order valence-corrected chi connectivity index (χ1v) is 6.73. The van der Waals surface area contributed by atoms with Gasteiger partial charge in [-0.05, 0) is 36.8 Å². The summed E-state index contributed by atoms with van der Waals surface area (Å²) in [6.07, 6.45) is 1.77. The molecule has 0 aliphatic carbocycles. The molecule has 0 fully saturated rings. The van der Waals surface area contributed by atoms with Crippen LogP contribution in [0.25, 0.3) is 22.0 Å². The minimum atomic E-state index is 0.705. The van der Waals surface area contributed by atoms with Crippen LogP contribution in [0.4, 0.5) is 0 Å². The molecule has 0 unspecified atom stereocenters. The molecular formula is C16H11Cl2N. The summed E-state index contributed by atoms with van der Waals surface area (Å²) in [5.74, 6) is 0. The number of rotatable bonds is 1. The minimum absolute atomic E-state index is 0.705. The van der Waals surface area contributed by atoms with Crippen LogP contribution in [-0.2, 0) is 0 Å². The van der Waals surface area contributed by atoms with Gasteiger partial charge in [0, 0.05) is 27.7 Å². The normalized spacial score (nSPS) is 10.9. The molecule has 3 aromatic rings. The first-order chi connectivity index (χ1) is 9.18. The zero-order valence-corrected chi connectivity index (χ0v) is 11.8. The largest absolute Gasteiger partial charge is 0.256 e. The molecular weight excluding hydrogens is 277 g/mol. The number of hydrogen-bond acceptors (Lipinski definition) is 1. The fraction of sp³-hybridized carbons (Fsp3) is 0.0625. The lowest BCUT2D eigenvalue weighted by Crippen LogP contribution is -1.89. The van der Waals surface area contributed by atoms with E-state index in [1.165, 1.54) is 0 Å². The highest BCUT2D eigenvalue weighted by Gasteiger charge is 2.12. The Balaban J connectivity index is 2.41. The van der Waals surface area contributed by atoms with Gasteiger partial charge in [-0.2, -0.15) is 0 Å². The number of nitrogens with zero attached hydrogens (tertiary/aromatic N) is 1. The molecule has 1 aromatic heterocycles. The summed E-state index contributed by atoms with van der Waals surface area (Å²) < 4.78 is 0. The third-order valence-electron chi connectivity index (χ3n) is 3.21. The van der Waals surface area contributed by atoms with Crippen LogP contribution in [0.2, 0.25) is 10.0 Å². The van der Waals surface area contributed by atoms with E-state index >= 15 is 0 Å². The molecule has 0 amide bonds. The maximum atomic E-state index is 6.34. The fourth-order valence-electron chi connectivity index (χ4n) is 2.31. The average molecular weight is 288 g/mol. The summed E-state index contributed by atoms with van der Waals surface area (Å²) in [5.41, 5.74) is 4.04. The van der Waals surface area contributed by atoms with Crippen LogP contribution < -0.4 is 0 Å². The van der Waals surface area contributed by atoms with Gasteiger partial charge < -0.3 is 0 Å². The number of pyridine rings is 1. The smallest absolute Gasteiger partial charge is 0.0795 e. The Morgan fingerprint density at radius 3 is 2.53 bits per heavy atom. The molecule has 94 valence electrons. The van der Waals surface area contributed by atoms with E-state index in [0.29, 0.717) is 5.02 Å². The second-order valence-electron chi connectivity index (χ2n) is 4.43. The van der Waals surface area contributed by atoms with E-state index in [-0.39, 0.29) is 0 Å². The first kappa shape index (κ1) is 12.5. The van der Waals surface area contributed by atoms with E-state index in [2.05, 4.69) is 4.98 Å². The van der Waals surface area contributed by atoms with Gasteiger partial charge in [0.1, 0.15) is 0 Å². The molecule has 0 saturated carbocycles. The van der Waals surface area contributed by atoms with E-state index in [1.54, 1.807) is 6.20 Å². The molecule has 1 heterocycles. The van der Waals surface area contributed by atoms with Gasteiger partial charge in [0.15, 0.2) is 0 Å². The molecule has 0 radical (unpaired) electrons. The van der Waals surface area contributed by atoms with Crippen molar-refractivity contribution >= 4 is 34.1 Å². The van der Waals surface area contributed by atoms with Crippen molar-refractivity contribution < 1.29 is 0 Å². The molecule has 0 N–H and O–H groups in total. The monoisotopic (exact) mass is 287 g/mol. The molecule has 0 atom stereocenters. The van der Waals surface area contributed by atoms with Crippen LogP contribution in [0.5, 0.6) is 0 Å². The summed E-state index contributed by atoms with van der Waals surface area (Å²) >= 11 is 12.6. The number of benzene rings is 2. The predicted molar refractivity (Wildman–Crippen MR) is 81.9 cm³/mol. The van der Waals surface area contributed by atoms with Crippen molar-refractivity contribution in [2.45, 2.75) is 6.92 Å². The van der Waals surface area contributed by atoms with E-state index in [9.17, 15) is 0 Å². The number of aromatic nitrogens is 1. The third-order valence-corrected chi connectivity index (χ3v) is 3.85. The number of fused-ring (bicyclic) bond motifs is 1. The van der Waals surface area contributed by atoms with E-state index in [0.717, 1.165) is 32.6 Å². The minimum Gasteiger partial charge on any atom is -0.256 e. The Labute approximate surface area is 121 Å². The number of aryl methyl sites for hydroxylation is 1. The Morgan fingerprint density at radius 1 is 0.895 bits per heavy atom. The van der Waals surface area contributed by atoms with Crippen LogP contribution in [0.3, 0.4) is 0 Å². The zero-order valence-electron chi connectivity index (χ0n) is 10.3. The van der Waals surface area contributed by atoms with Crippen molar-refractivity contribution in [3.05, 3.63) is 64.3 Å². The van der Waals surface area contributed by atoms with Crippen molar-refractivity contribution in [2.75, 3.05) is 0 Å². The summed E-state index contributed by atoms with van der Waals surface area (Å²) in [5, 5.41) is 2.38. The lowest BCUT2D eigenvalue weighted by atomic mass is 9.98. The van der Waals surface area contributed by atoms with Gasteiger partial charge in [-0.25, -0.2) is 0 Å². The molecule has 19 heavy (non-hydrogen) atoms. The molecule has 3 heteroatoms. The Hall–Kier alpha value is -1.57. The molecule has 0 aliphatic heterocycles. The number of hydrogen-bond donors (Lipinski definition) is 0. The van der Waals surface area contributed by atoms with Crippen molar-refractivity contribution in [1.82, 2.24) is 4.98 Å². The average Bonchev–Trinajstić information content (AvgIpc) is 2.41. The van der Waals surface area contributed by atoms with Crippen LogP contribution in [0, 0.1) is 6.92 Å². The Kier molecular flexibility index (Phi) is 3.17. The van der Waals surface area contributed by atoms with Crippen molar-refractivity contribution in [3.63, 3.8) is 0 Å². The lowest BCUT2D eigenvalue weighted by Gasteiger charge is -2.11. The van der Waals surface area contributed by atoms with E-state index < -0.39 is 0 Å². The molecule has 0 aliphatic rings. The first-order valence-electron chi connectivity index (χ1n) is 5.97. The summed E-state index contributed by atoms with van der Waals surface area (Å²) in [6.45, 7) is 2.05. The van der Waals surface area contributed by atoms with E-state index in [4.69, 9.17) is 23.2 Å².